The Labute approximate surface area is 122 Å². The Kier molecular flexibility index (Phi) is 3.66. The van der Waals surface area contributed by atoms with Crippen molar-refractivity contribution in [3.8, 4) is 5.75 Å². The molecule has 2 aromatic rings. The molecule has 21 heavy (non-hydrogen) atoms. The molecular formula is C16H17NO4. The molecule has 1 aliphatic rings. The fraction of sp³-hybridized carbons (Fsp3) is 0.312. The van der Waals surface area contributed by atoms with Gasteiger partial charge in [-0.1, -0.05) is 18.2 Å². The Morgan fingerprint density at radius 1 is 1.29 bits per heavy atom. The van der Waals surface area contributed by atoms with E-state index in [2.05, 4.69) is 4.90 Å². The molecule has 0 saturated heterocycles. The van der Waals surface area contributed by atoms with Gasteiger partial charge in [0.2, 0.25) is 5.76 Å². The molecule has 110 valence electrons. The average Bonchev–Trinajstić information content (AvgIpc) is 2.87. The summed E-state index contributed by atoms with van der Waals surface area (Å²) >= 11 is 0. The quantitative estimate of drug-likeness (QED) is 0.940. The molecule has 0 bridgehead atoms. The summed E-state index contributed by atoms with van der Waals surface area (Å²) in [4.78, 5) is 13.1. The number of benzene rings is 1. The SMILES string of the molecule is CC(c1ccc(C(=O)O)o1)N1CCOc2ccccc2C1. The number of carboxylic acid groups (broad SMARTS) is 1. The van der Waals surface area contributed by atoms with E-state index in [1.165, 1.54) is 6.07 Å². The van der Waals surface area contributed by atoms with Gasteiger partial charge in [0.25, 0.3) is 0 Å². The topological polar surface area (TPSA) is 62.9 Å². The first-order valence-electron chi connectivity index (χ1n) is 6.93. The monoisotopic (exact) mass is 287 g/mol. The third-order valence-electron chi connectivity index (χ3n) is 3.78. The van der Waals surface area contributed by atoms with Crippen molar-refractivity contribution in [2.24, 2.45) is 0 Å². The van der Waals surface area contributed by atoms with Gasteiger partial charge in [-0.3, -0.25) is 4.90 Å². The van der Waals surface area contributed by atoms with E-state index in [9.17, 15) is 4.79 Å². The summed E-state index contributed by atoms with van der Waals surface area (Å²) in [6.45, 7) is 4.13. The van der Waals surface area contributed by atoms with Crippen molar-refractivity contribution in [1.82, 2.24) is 4.90 Å². The third kappa shape index (κ3) is 2.78. The van der Waals surface area contributed by atoms with Crippen molar-refractivity contribution in [1.29, 1.82) is 0 Å². The lowest BCUT2D eigenvalue weighted by atomic mass is 10.1. The Balaban J connectivity index is 1.81. The maximum atomic E-state index is 10.9. The maximum Gasteiger partial charge on any atom is 0.371 e. The number of fused-ring (bicyclic) bond motifs is 1. The fourth-order valence-electron chi connectivity index (χ4n) is 2.55. The summed E-state index contributed by atoms with van der Waals surface area (Å²) in [6.07, 6.45) is 0. The molecule has 0 saturated carbocycles. The van der Waals surface area contributed by atoms with Gasteiger partial charge in [-0.2, -0.15) is 0 Å². The van der Waals surface area contributed by atoms with Crippen LogP contribution in [-0.2, 0) is 6.54 Å². The Hall–Kier alpha value is -2.27. The first kappa shape index (κ1) is 13.7. The van der Waals surface area contributed by atoms with Crippen LogP contribution < -0.4 is 4.74 Å². The number of aromatic carboxylic acids is 1. The molecule has 2 heterocycles. The number of carbonyl (C=O) groups is 1. The number of para-hydroxylation sites is 1. The van der Waals surface area contributed by atoms with Crippen LogP contribution in [0.2, 0.25) is 0 Å². The Morgan fingerprint density at radius 3 is 2.86 bits per heavy atom. The molecule has 5 nitrogen and oxygen atoms in total. The van der Waals surface area contributed by atoms with Crippen LogP contribution in [0.25, 0.3) is 0 Å². The third-order valence-corrected chi connectivity index (χ3v) is 3.78. The molecule has 5 heteroatoms. The zero-order valence-corrected chi connectivity index (χ0v) is 11.8. The van der Waals surface area contributed by atoms with Crippen molar-refractivity contribution >= 4 is 5.97 Å². The highest BCUT2D eigenvalue weighted by Crippen LogP contribution is 2.29. The highest BCUT2D eigenvalue weighted by molar-refractivity contribution is 5.84. The molecule has 3 rings (SSSR count). The van der Waals surface area contributed by atoms with Crippen LogP contribution in [-0.4, -0.2) is 29.1 Å². The number of hydrogen-bond donors (Lipinski definition) is 1. The van der Waals surface area contributed by atoms with E-state index in [1.54, 1.807) is 6.07 Å². The molecule has 0 radical (unpaired) electrons. The second-order valence-corrected chi connectivity index (χ2v) is 5.11. The van der Waals surface area contributed by atoms with Crippen LogP contribution in [0.4, 0.5) is 0 Å². The van der Waals surface area contributed by atoms with Crippen LogP contribution in [0, 0.1) is 0 Å². The summed E-state index contributed by atoms with van der Waals surface area (Å²) in [7, 11) is 0. The van der Waals surface area contributed by atoms with Gasteiger partial charge < -0.3 is 14.3 Å². The summed E-state index contributed by atoms with van der Waals surface area (Å²) < 4.78 is 11.1. The highest BCUT2D eigenvalue weighted by atomic mass is 16.5. The van der Waals surface area contributed by atoms with E-state index < -0.39 is 5.97 Å². The number of furan rings is 1. The minimum Gasteiger partial charge on any atom is -0.492 e. The summed E-state index contributed by atoms with van der Waals surface area (Å²) in [6, 6.07) is 11.2. The number of hydrogen-bond acceptors (Lipinski definition) is 4. The second-order valence-electron chi connectivity index (χ2n) is 5.11. The fourth-order valence-corrected chi connectivity index (χ4v) is 2.55. The molecule has 1 N–H and O–H groups in total. The lowest BCUT2D eigenvalue weighted by Gasteiger charge is -2.25. The molecular weight excluding hydrogens is 270 g/mol. The van der Waals surface area contributed by atoms with Crippen LogP contribution in [0.1, 0.15) is 34.8 Å². The summed E-state index contributed by atoms with van der Waals surface area (Å²) in [5.41, 5.74) is 1.13. The molecule has 0 spiro atoms. The Morgan fingerprint density at radius 2 is 2.10 bits per heavy atom. The van der Waals surface area contributed by atoms with Gasteiger partial charge in [-0.15, -0.1) is 0 Å². The largest absolute Gasteiger partial charge is 0.492 e. The Bertz CT molecular complexity index is 649. The zero-order chi connectivity index (χ0) is 14.8. The number of rotatable bonds is 3. The highest BCUT2D eigenvalue weighted by Gasteiger charge is 2.23. The van der Waals surface area contributed by atoms with Crippen molar-refractivity contribution in [3.05, 3.63) is 53.5 Å². The summed E-state index contributed by atoms with van der Waals surface area (Å²) in [5, 5.41) is 8.94. The smallest absolute Gasteiger partial charge is 0.371 e. The standard InChI is InChI=1S/C16H17NO4/c1-11(13-6-7-15(21-13)16(18)19)17-8-9-20-14-5-3-2-4-12(14)10-17/h2-7,11H,8-10H2,1H3,(H,18,19). The van der Waals surface area contributed by atoms with Gasteiger partial charge in [-0.05, 0) is 25.1 Å². The molecule has 1 aromatic carbocycles. The van der Waals surface area contributed by atoms with E-state index in [1.807, 2.05) is 31.2 Å². The first-order chi connectivity index (χ1) is 10.1. The number of carboxylic acids is 1. The van der Waals surface area contributed by atoms with Crippen LogP contribution in [0.5, 0.6) is 5.75 Å². The molecule has 0 aliphatic carbocycles. The van der Waals surface area contributed by atoms with Gasteiger partial charge in [0.1, 0.15) is 18.1 Å². The van der Waals surface area contributed by atoms with Crippen LogP contribution >= 0.6 is 0 Å². The van der Waals surface area contributed by atoms with Gasteiger partial charge in [-0.25, -0.2) is 4.79 Å². The first-order valence-corrected chi connectivity index (χ1v) is 6.93. The molecule has 1 aromatic heterocycles. The van der Waals surface area contributed by atoms with E-state index in [0.717, 1.165) is 24.4 Å². The molecule has 0 fully saturated rings. The van der Waals surface area contributed by atoms with E-state index >= 15 is 0 Å². The molecule has 0 amide bonds. The van der Waals surface area contributed by atoms with E-state index in [0.29, 0.717) is 12.4 Å². The van der Waals surface area contributed by atoms with E-state index in [-0.39, 0.29) is 11.8 Å². The minimum absolute atomic E-state index is 0.00661. The van der Waals surface area contributed by atoms with Gasteiger partial charge in [0.15, 0.2) is 0 Å². The van der Waals surface area contributed by atoms with Gasteiger partial charge >= 0.3 is 5.97 Å². The molecule has 1 atom stereocenters. The minimum atomic E-state index is -1.04. The van der Waals surface area contributed by atoms with Gasteiger partial charge in [0, 0.05) is 18.7 Å². The second kappa shape index (κ2) is 5.61. The number of ether oxygens (including phenoxy) is 1. The average molecular weight is 287 g/mol. The lowest BCUT2D eigenvalue weighted by molar-refractivity contribution is 0.0654. The van der Waals surface area contributed by atoms with Crippen LogP contribution in [0.3, 0.4) is 0 Å². The normalized spacial score (nSPS) is 16.6. The van der Waals surface area contributed by atoms with Crippen LogP contribution in [0.15, 0.2) is 40.8 Å². The molecule has 1 unspecified atom stereocenters. The van der Waals surface area contributed by atoms with E-state index in [4.69, 9.17) is 14.3 Å². The predicted octanol–water partition coefficient (Wildman–Crippen LogP) is 2.93. The van der Waals surface area contributed by atoms with Gasteiger partial charge in [0.05, 0.1) is 6.04 Å². The van der Waals surface area contributed by atoms with Crippen molar-refractivity contribution in [2.75, 3.05) is 13.2 Å². The predicted molar refractivity (Wildman–Crippen MR) is 76.4 cm³/mol. The molecule has 1 aliphatic heterocycles. The van der Waals surface area contributed by atoms with Crippen molar-refractivity contribution in [3.63, 3.8) is 0 Å². The zero-order valence-electron chi connectivity index (χ0n) is 11.8. The van der Waals surface area contributed by atoms with Crippen molar-refractivity contribution < 1.29 is 19.1 Å². The number of nitrogens with zero attached hydrogens (tertiary/aromatic N) is 1. The summed E-state index contributed by atoms with van der Waals surface area (Å²) in [5.74, 6) is 0.506. The van der Waals surface area contributed by atoms with Crippen molar-refractivity contribution in [2.45, 2.75) is 19.5 Å². The lowest BCUT2D eigenvalue weighted by Crippen LogP contribution is -2.28. The maximum absolute atomic E-state index is 10.9.